The number of aliphatic hydroxyl groups excluding tert-OH is 1. The minimum atomic E-state index is 0.242. The van der Waals surface area contributed by atoms with Crippen LogP contribution >= 0.6 is 0 Å². The van der Waals surface area contributed by atoms with E-state index in [1.165, 1.54) is 17.6 Å². The second kappa shape index (κ2) is 3.90. The summed E-state index contributed by atoms with van der Waals surface area (Å²) in [5.74, 6) is 1.18. The quantitative estimate of drug-likeness (QED) is 0.639. The predicted octanol–water partition coefficient (Wildman–Crippen LogP) is 2.53. The molecule has 0 unspecified atom stereocenters. The third-order valence-electron chi connectivity index (χ3n) is 3.07. The highest BCUT2D eigenvalue weighted by atomic mass is 16.3. The summed E-state index contributed by atoms with van der Waals surface area (Å²) < 4.78 is 0. The third-order valence-corrected chi connectivity index (χ3v) is 3.07. The molecule has 0 fully saturated rings. The Kier molecular flexibility index (Phi) is 3.10. The Morgan fingerprint density at radius 2 is 2.42 bits per heavy atom. The molecule has 1 rings (SSSR count). The standard InChI is InChI=1S/C11H18O/c1-4-8(2)11-6-5-10(7-12)9(11)3/h4,8,11-12H,1,5-7H2,2-3H3/t8-,11+/m0/s1. The van der Waals surface area contributed by atoms with Crippen molar-refractivity contribution >= 4 is 0 Å². The fourth-order valence-electron chi connectivity index (χ4n) is 2.03. The molecule has 12 heavy (non-hydrogen) atoms. The largest absolute Gasteiger partial charge is 0.392 e. The van der Waals surface area contributed by atoms with Crippen LogP contribution in [0.5, 0.6) is 0 Å². The van der Waals surface area contributed by atoms with E-state index in [4.69, 9.17) is 5.11 Å². The number of hydrogen-bond acceptors (Lipinski definition) is 1. The molecule has 0 aromatic rings. The molecule has 2 atom stereocenters. The van der Waals surface area contributed by atoms with Crippen LogP contribution in [-0.4, -0.2) is 11.7 Å². The van der Waals surface area contributed by atoms with Crippen LogP contribution in [0, 0.1) is 11.8 Å². The summed E-state index contributed by atoms with van der Waals surface area (Å²) in [4.78, 5) is 0. The van der Waals surface area contributed by atoms with Gasteiger partial charge in [-0.2, -0.15) is 0 Å². The maximum atomic E-state index is 9.03. The fourth-order valence-corrected chi connectivity index (χ4v) is 2.03. The zero-order valence-electron chi connectivity index (χ0n) is 8.01. The van der Waals surface area contributed by atoms with Gasteiger partial charge >= 0.3 is 0 Å². The van der Waals surface area contributed by atoms with Gasteiger partial charge in [0.25, 0.3) is 0 Å². The lowest BCUT2D eigenvalue weighted by Crippen LogP contribution is -2.07. The topological polar surface area (TPSA) is 20.2 Å². The highest BCUT2D eigenvalue weighted by Gasteiger charge is 2.24. The molecule has 1 N–H and O–H groups in total. The van der Waals surface area contributed by atoms with Crippen LogP contribution in [0.4, 0.5) is 0 Å². The molecule has 0 spiro atoms. The maximum absolute atomic E-state index is 9.03. The Morgan fingerprint density at radius 3 is 2.83 bits per heavy atom. The first kappa shape index (κ1) is 9.53. The van der Waals surface area contributed by atoms with Crippen LogP contribution in [0.25, 0.3) is 0 Å². The minimum absolute atomic E-state index is 0.242. The summed E-state index contributed by atoms with van der Waals surface area (Å²) >= 11 is 0. The minimum Gasteiger partial charge on any atom is -0.392 e. The molecule has 0 heterocycles. The van der Waals surface area contributed by atoms with E-state index < -0.39 is 0 Å². The number of rotatable bonds is 3. The van der Waals surface area contributed by atoms with Gasteiger partial charge in [0.1, 0.15) is 0 Å². The second-order valence-electron chi connectivity index (χ2n) is 3.68. The first-order valence-electron chi connectivity index (χ1n) is 4.62. The van der Waals surface area contributed by atoms with E-state index in [0.29, 0.717) is 11.8 Å². The van der Waals surface area contributed by atoms with Gasteiger partial charge in [-0.15, -0.1) is 6.58 Å². The lowest BCUT2D eigenvalue weighted by atomic mass is 9.89. The van der Waals surface area contributed by atoms with Gasteiger partial charge in [0.05, 0.1) is 6.61 Å². The number of hydrogen-bond donors (Lipinski definition) is 1. The number of aliphatic hydroxyl groups is 1. The molecule has 0 aromatic heterocycles. The van der Waals surface area contributed by atoms with E-state index in [-0.39, 0.29) is 6.61 Å². The summed E-state index contributed by atoms with van der Waals surface area (Å²) in [7, 11) is 0. The summed E-state index contributed by atoms with van der Waals surface area (Å²) in [6.07, 6.45) is 4.27. The van der Waals surface area contributed by atoms with E-state index in [0.717, 1.165) is 6.42 Å². The van der Waals surface area contributed by atoms with Crippen molar-refractivity contribution in [3.8, 4) is 0 Å². The summed E-state index contributed by atoms with van der Waals surface area (Å²) in [5.41, 5.74) is 2.64. The van der Waals surface area contributed by atoms with Crippen LogP contribution in [0.1, 0.15) is 26.7 Å². The van der Waals surface area contributed by atoms with Crippen LogP contribution in [0.3, 0.4) is 0 Å². The van der Waals surface area contributed by atoms with Gasteiger partial charge in [-0.1, -0.05) is 18.6 Å². The molecule has 0 aromatic carbocycles. The SMILES string of the molecule is C=C[C@H](C)[C@H]1CCC(CO)=C1C. The maximum Gasteiger partial charge on any atom is 0.0644 e. The van der Waals surface area contributed by atoms with Crippen molar-refractivity contribution in [2.75, 3.05) is 6.61 Å². The fraction of sp³-hybridized carbons (Fsp3) is 0.636. The molecular weight excluding hydrogens is 148 g/mol. The third kappa shape index (κ3) is 1.61. The van der Waals surface area contributed by atoms with Crippen LogP contribution < -0.4 is 0 Å². The van der Waals surface area contributed by atoms with Gasteiger partial charge in [-0.25, -0.2) is 0 Å². The zero-order valence-corrected chi connectivity index (χ0v) is 8.01. The van der Waals surface area contributed by atoms with Crippen molar-refractivity contribution in [2.24, 2.45) is 11.8 Å². The average molecular weight is 166 g/mol. The van der Waals surface area contributed by atoms with Gasteiger partial charge in [0.2, 0.25) is 0 Å². The highest BCUT2D eigenvalue weighted by molar-refractivity contribution is 5.22. The summed E-state index contributed by atoms with van der Waals surface area (Å²) in [6, 6.07) is 0. The first-order valence-corrected chi connectivity index (χ1v) is 4.62. The van der Waals surface area contributed by atoms with Crippen LogP contribution in [0.15, 0.2) is 23.8 Å². The molecule has 1 aliphatic rings. The molecule has 68 valence electrons. The zero-order chi connectivity index (χ0) is 9.14. The molecule has 0 saturated carbocycles. The molecule has 0 saturated heterocycles. The van der Waals surface area contributed by atoms with Crippen molar-refractivity contribution < 1.29 is 5.11 Å². The van der Waals surface area contributed by atoms with Gasteiger partial charge in [-0.3, -0.25) is 0 Å². The van der Waals surface area contributed by atoms with Crippen molar-refractivity contribution in [3.63, 3.8) is 0 Å². The normalized spacial score (nSPS) is 26.1. The Bertz CT molecular complexity index is 203. The van der Waals surface area contributed by atoms with E-state index >= 15 is 0 Å². The van der Waals surface area contributed by atoms with E-state index in [2.05, 4.69) is 20.4 Å². The van der Waals surface area contributed by atoms with E-state index in [1.54, 1.807) is 0 Å². The smallest absolute Gasteiger partial charge is 0.0644 e. The summed E-state index contributed by atoms with van der Waals surface area (Å²) in [5, 5.41) is 9.03. The lowest BCUT2D eigenvalue weighted by molar-refractivity contribution is 0.327. The molecule has 0 aliphatic heterocycles. The lowest BCUT2D eigenvalue weighted by Gasteiger charge is -2.16. The Morgan fingerprint density at radius 1 is 1.75 bits per heavy atom. The molecule has 1 nitrogen and oxygen atoms in total. The van der Waals surface area contributed by atoms with Gasteiger partial charge in [-0.05, 0) is 37.2 Å². The van der Waals surface area contributed by atoms with E-state index in [9.17, 15) is 0 Å². The average Bonchev–Trinajstić information content (AvgIpc) is 2.45. The molecule has 1 aliphatic carbocycles. The summed E-state index contributed by atoms with van der Waals surface area (Å²) in [6.45, 7) is 8.39. The molecular formula is C11H18O. The van der Waals surface area contributed by atoms with Crippen molar-refractivity contribution in [2.45, 2.75) is 26.7 Å². The van der Waals surface area contributed by atoms with Crippen LogP contribution in [0.2, 0.25) is 0 Å². The van der Waals surface area contributed by atoms with Gasteiger partial charge in [0, 0.05) is 0 Å². The Labute approximate surface area is 74.8 Å². The molecule has 1 heteroatoms. The van der Waals surface area contributed by atoms with Crippen molar-refractivity contribution in [1.82, 2.24) is 0 Å². The highest BCUT2D eigenvalue weighted by Crippen LogP contribution is 2.36. The monoisotopic (exact) mass is 166 g/mol. The first-order chi connectivity index (χ1) is 5.70. The molecule has 0 radical (unpaired) electrons. The van der Waals surface area contributed by atoms with Crippen LogP contribution in [-0.2, 0) is 0 Å². The van der Waals surface area contributed by atoms with Gasteiger partial charge < -0.3 is 5.11 Å². The van der Waals surface area contributed by atoms with Gasteiger partial charge in [0.15, 0.2) is 0 Å². The molecule has 0 bridgehead atoms. The Hall–Kier alpha value is -0.560. The molecule has 0 amide bonds. The Balaban J connectivity index is 2.72. The van der Waals surface area contributed by atoms with Crippen molar-refractivity contribution in [1.29, 1.82) is 0 Å². The predicted molar refractivity (Wildman–Crippen MR) is 51.9 cm³/mol. The second-order valence-corrected chi connectivity index (χ2v) is 3.68. The number of allylic oxidation sites excluding steroid dienone is 2. The van der Waals surface area contributed by atoms with Crippen molar-refractivity contribution in [3.05, 3.63) is 23.8 Å². The van der Waals surface area contributed by atoms with E-state index in [1.807, 2.05) is 6.08 Å².